The van der Waals surface area contributed by atoms with Crippen LogP contribution in [0.1, 0.15) is 24.8 Å². The lowest BCUT2D eigenvalue weighted by Gasteiger charge is -2.03. The molecular weight excluding hydrogens is 288 g/mol. The number of aryl methyl sites for hydroxylation is 1. The van der Waals surface area contributed by atoms with Crippen LogP contribution in [0.15, 0.2) is 33.9 Å². The van der Waals surface area contributed by atoms with Gasteiger partial charge in [-0.05, 0) is 30.7 Å². The van der Waals surface area contributed by atoms with Crippen molar-refractivity contribution in [2.45, 2.75) is 25.0 Å². The third-order valence-corrected chi connectivity index (χ3v) is 3.36. The summed E-state index contributed by atoms with van der Waals surface area (Å²) < 4.78 is 5.38. The molecule has 0 bridgehead atoms. The minimum atomic E-state index is -0.167. The van der Waals surface area contributed by atoms with E-state index in [1.165, 1.54) is 11.8 Å². The molecule has 1 N–H and O–H groups in total. The number of carbonyl (C=O) groups excluding carboxylic acids is 1. The van der Waals surface area contributed by atoms with Crippen molar-refractivity contribution in [3.05, 3.63) is 35.7 Å². The lowest BCUT2D eigenvalue weighted by molar-refractivity contribution is -0.113. The quantitative estimate of drug-likeness (QED) is 0.825. The predicted octanol–water partition coefficient (Wildman–Crippen LogP) is 2.62. The first-order valence-electron chi connectivity index (χ1n) is 6.46. The number of aromatic nitrogens is 2. The maximum atomic E-state index is 11.8. The van der Waals surface area contributed by atoms with Crippen LogP contribution < -0.4 is 5.32 Å². The number of thioether (sulfide) groups is 1. The van der Waals surface area contributed by atoms with Crippen LogP contribution in [-0.2, 0) is 11.2 Å². The molecule has 1 heterocycles. The highest BCUT2D eigenvalue weighted by atomic mass is 32.2. The number of amides is 1. The van der Waals surface area contributed by atoms with Crippen molar-refractivity contribution in [3.63, 3.8) is 0 Å². The molecule has 7 heteroatoms. The Morgan fingerprint density at radius 3 is 2.81 bits per heavy atom. The second kappa shape index (κ2) is 7.45. The van der Waals surface area contributed by atoms with Crippen molar-refractivity contribution in [1.82, 2.24) is 10.2 Å². The van der Waals surface area contributed by atoms with Crippen LogP contribution >= 0.6 is 11.8 Å². The summed E-state index contributed by atoms with van der Waals surface area (Å²) in [6.45, 7) is 2.03. The minimum absolute atomic E-state index is 0.167. The molecule has 2 rings (SSSR count). The number of anilines is 1. The normalized spacial score (nSPS) is 10.1. The van der Waals surface area contributed by atoms with Crippen LogP contribution in [-0.4, -0.2) is 21.9 Å². The largest absolute Gasteiger partial charge is 0.416 e. The second-order valence-corrected chi connectivity index (χ2v) is 5.16. The molecule has 0 aliphatic heterocycles. The summed E-state index contributed by atoms with van der Waals surface area (Å²) in [6.07, 6.45) is 1.68. The Kier molecular flexibility index (Phi) is 5.35. The van der Waals surface area contributed by atoms with Crippen molar-refractivity contribution < 1.29 is 9.21 Å². The van der Waals surface area contributed by atoms with E-state index in [0.717, 1.165) is 12.8 Å². The molecule has 6 nitrogen and oxygen atoms in total. The molecule has 108 valence electrons. The van der Waals surface area contributed by atoms with Gasteiger partial charge in [-0.15, -0.1) is 10.2 Å². The molecule has 1 aromatic carbocycles. The van der Waals surface area contributed by atoms with Crippen LogP contribution in [0.2, 0.25) is 0 Å². The van der Waals surface area contributed by atoms with Crippen LogP contribution in [0.25, 0.3) is 0 Å². The average molecular weight is 302 g/mol. The number of rotatable bonds is 6. The van der Waals surface area contributed by atoms with Crippen molar-refractivity contribution in [1.29, 1.82) is 5.26 Å². The van der Waals surface area contributed by atoms with Gasteiger partial charge in [-0.3, -0.25) is 4.79 Å². The molecule has 0 unspecified atom stereocenters. The number of hydrogen-bond donors (Lipinski definition) is 1. The molecule has 0 spiro atoms. The fraction of sp³-hybridized carbons (Fsp3) is 0.286. The molecule has 1 amide bonds. The molecule has 1 aromatic heterocycles. The zero-order valence-electron chi connectivity index (χ0n) is 11.5. The van der Waals surface area contributed by atoms with Gasteiger partial charge in [-0.25, -0.2) is 0 Å². The Labute approximate surface area is 126 Å². The second-order valence-electron chi connectivity index (χ2n) is 4.24. The average Bonchev–Trinajstić information content (AvgIpc) is 2.94. The number of nitrogens with zero attached hydrogens (tertiary/aromatic N) is 3. The summed E-state index contributed by atoms with van der Waals surface area (Å²) in [5, 5.41) is 19.6. The van der Waals surface area contributed by atoms with Crippen LogP contribution in [0.5, 0.6) is 0 Å². The summed E-state index contributed by atoms with van der Waals surface area (Å²) in [5.74, 6) is 0.612. The standard InChI is InChI=1S/C14H14N4O2S/c1-2-3-13-17-18-14(20-13)21-9-12(19)16-11-6-4-10(8-15)5-7-11/h4-7H,2-3,9H2,1H3,(H,16,19). The molecule has 2 aromatic rings. The summed E-state index contributed by atoms with van der Waals surface area (Å²) in [6, 6.07) is 8.70. The number of carbonyl (C=O) groups is 1. The topological polar surface area (TPSA) is 91.8 Å². The maximum Gasteiger partial charge on any atom is 0.277 e. The monoisotopic (exact) mass is 302 g/mol. The minimum Gasteiger partial charge on any atom is -0.416 e. The van der Waals surface area contributed by atoms with Gasteiger partial charge in [0.15, 0.2) is 0 Å². The Balaban J connectivity index is 1.82. The zero-order valence-corrected chi connectivity index (χ0v) is 12.3. The summed E-state index contributed by atoms with van der Waals surface area (Å²) in [4.78, 5) is 11.8. The van der Waals surface area contributed by atoms with E-state index in [4.69, 9.17) is 9.68 Å². The highest BCUT2D eigenvalue weighted by Gasteiger charge is 2.09. The van der Waals surface area contributed by atoms with Gasteiger partial charge in [-0.2, -0.15) is 5.26 Å². The van der Waals surface area contributed by atoms with E-state index in [1.807, 2.05) is 13.0 Å². The first kappa shape index (κ1) is 15.1. The smallest absolute Gasteiger partial charge is 0.277 e. The number of nitrogens with one attached hydrogen (secondary N) is 1. The van der Waals surface area contributed by atoms with Crippen molar-refractivity contribution in [2.24, 2.45) is 0 Å². The molecule has 21 heavy (non-hydrogen) atoms. The van der Waals surface area contributed by atoms with E-state index in [-0.39, 0.29) is 11.7 Å². The number of nitriles is 1. The SMILES string of the molecule is CCCc1nnc(SCC(=O)Nc2ccc(C#N)cc2)o1. The Bertz CT molecular complexity index is 646. The van der Waals surface area contributed by atoms with Gasteiger partial charge < -0.3 is 9.73 Å². The highest BCUT2D eigenvalue weighted by Crippen LogP contribution is 2.17. The third-order valence-electron chi connectivity index (χ3n) is 2.54. The van der Waals surface area contributed by atoms with E-state index < -0.39 is 0 Å². The summed E-state index contributed by atoms with van der Waals surface area (Å²) >= 11 is 1.20. The highest BCUT2D eigenvalue weighted by molar-refractivity contribution is 7.99. The number of benzene rings is 1. The van der Waals surface area contributed by atoms with E-state index in [1.54, 1.807) is 24.3 Å². The first-order chi connectivity index (χ1) is 10.2. The maximum absolute atomic E-state index is 11.8. The molecule has 0 aliphatic rings. The van der Waals surface area contributed by atoms with E-state index in [2.05, 4.69) is 15.5 Å². The van der Waals surface area contributed by atoms with Crippen molar-refractivity contribution >= 4 is 23.4 Å². The summed E-state index contributed by atoms with van der Waals surface area (Å²) in [7, 11) is 0. The Hall–Kier alpha value is -2.33. The first-order valence-corrected chi connectivity index (χ1v) is 7.45. The summed E-state index contributed by atoms with van der Waals surface area (Å²) in [5.41, 5.74) is 1.20. The van der Waals surface area contributed by atoms with E-state index in [0.29, 0.717) is 22.4 Å². The molecule has 0 atom stereocenters. The van der Waals surface area contributed by atoms with Gasteiger partial charge in [-0.1, -0.05) is 18.7 Å². The predicted molar refractivity (Wildman–Crippen MR) is 78.8 cm³/mol. The third kappa shape index (κ3) is 4.61. The molecule has 0 saturated heterocycles. The van der Waals surface area contributed by atoms with E-state index >= 15 is 0 Å². The van der Waals surface area contributed by atoms with Gasteiger partial charge in [0.1, 0.15) is 0 Å². The van der Waals surface area contributed by atoms with E-state index in [9.17, 15) is 4.79 Å². The Morgan fingerprint density at radius 2 is 2.14 bits per heavy atom. The van der Waals surface area contributed by atoms with Gasteiger partial charge in [0.2, 0.25) is 11.8 Å². The molecule has 0 aliphatic carbocycles. The Morgan fingerprint density at radius 1 is 1.38 bits per heavy atom. The van der Waals surface area contributed by atoms with Gasteiger partial charge in [0.05, 0.1) is 17.4 Å². The molecular formula is C14H14N4O2S. The van der Waals surface area contributed by atoms with Gasteiger partial charge >= 0.3 is 0 Å². The van der Waals surface area contributed by atoms with Crippen LogP contribution in [0, 0.1) is 11.3 Å². The molecule has 0 saturated carbocycles. The lowest BCUT2D eigenvalue weighted by atomic mass is 10.2. The fourth-order valence-corrected chi connectivity index (χ4v) is 2.14. The number of hydrogen-bond acceptors (Lipinski definition) is 6. The van der Waals surface area contributed by atoms with Gasteiger partial charge in [0.25, 0.3) is 5.22 Å². The fourth-order valence-electron chi connectivity index (χ4n) is 1.56. The van der Waals surface area contributed by atoms with Crippen LogP contribution in [0.3, 0.4) is 0 Å². The van der Waals surface area contributed by atoms with Crippen molar-refractivity contribution in [3.8, 4) is 6.07 Å². The lowest BCUT2D eigenvalue weighted by Crippen LogP contribution is -2.13. The van der Waals surface area contributed by atoms with Crippen LogP contribution in [0.4, 0.5) is 5.69 Å². The molecule has 0 fully saturated rings. The van der Waals surface area contributed by atoms with Crippen molar-refractivity contribution in [2.75, 3.05) is 11.1 Å². The molecule has 0 radical (unpaired) electrons. The van der Waals surface area contributed by atoms with Gasteiger partial charge in [0, 0.05) is 12.1 Å². The zero-order chi connectivity index (χ0) is 15.1.